The summed E-state index contributed by atoms with van der Waals surface area (Å²) in [5.74, 6) is -0.718. The van der Waals surface area contributed by atoms with Crippen LogP contribution in [0.5, 0.6) is 5.88 Å². The minimum Gasteiger partial charge on any atom is -0.493 e. The van der Waals surface area contributed by atoms with E-state index in [0.717, 1.165) is 17.8 Å². The Bertz CT molecular complexity index is 1250. The van der Waals surface area contributed by atoms with E-state index >= 15 is 0 Å². The van der Waals surface area contributed by atoms with E-state index in [9.17, 15) is 19.5 Å². The van der Waals surface area contributed by atoms with Gasteiger partial charge in [0.25, 0.3) is 11.5 Å². The van der Waals surface area contributed by atoms with Gasteiger partial charge in [-0.3, -0.25) is 14.6 Å². The fourth-order valence-electron chi connectivity index (χ4n) is 2.45. The number of benzene rings is 1. The molecule has 4 rings (SSSR count). The molecule has 3 heterocycles. The van der Waals surface area contributed by atoms with E-state index in [4.69, 9.17) is 0 Å². The first-order valence-corrected chi connectivity index (χ1v) is 8.39. The lowest BCUT2D eigenvalue weighted by molar-refractivity contribution is -0.113. The average Bonchev–Trinajstić information content (AvgIpc) is 3.11. The molecule has 1 amide bonds. The van der Waals surface area contributed by atoms with Crippen LogP contribution < -0.4 is 11.2 Å². The second kappa shape index (κ2) is 6.53. The predicted molar refractivity (Wildman–Crippen MR) is 100 cm³/mol. The zero-order valence-corrected chi connectivity index (χ0v) is 14.2. The zero-order valence-electron chi connectivity index (χ0n) is 13.4. The Kier molecular flexibility index (Phi) is 4.05. The maximum atomic E-state index is 12.0. The Balaban J connectivity index is 1.60. The number of aromatic nitrogens is 3. The summed E-state index contributed by atoms with van der Waals surface area (Å²) in [6, 6.07) is 8.30. The van der Waals surface area contributed by atoms with E-state index in [1.165, 1.54) is 6.08 Å². The van der Waals surface area contributed by atoms with Crippen molar-refractivity contribution >= 4 is 45.5 Å². The molecule has 11 heteroatoms. The molecule has 134 valence electrons. The number of hydrogen-bond donors (Lipinski definition) is 4. The van der Waals surface area contributed by atoms with Crippen molar-refractivity contribution in [2.75, 3.05) is 0 Å². The van der Waals surface area contributed by atoms with Crippen LogP contribution >= 0.6 is 11.8 Å². The van der Waals surface area contributed by atoms with E-state index in [2.05, 4.69) is 25.2 Å². The normalized spacial score (nSPS) is 15.9. The van der Waals surface area contributed by atoms with Crippen molar-refractivity contribution in [3.8, 4) is 5.88 Å². The Labute approximate surface area is 153 Å². The molecule has 1 aliphatic heterocycles. The first-order chi connectivity index (χ1) is 13.0. The van der Waals surface area contributed by atoms with Crippen molar-refractivity contribution in [1.82, 2.24) is 15.0 Å². The molecule has 10 nitrogen and oxygen atoms in total. The molecule has 2 aromatic heterocycles. The fourth-order valence-corrected chi connectivity index (χ4v) is 3.18. The second-order valence-electron chi connectivity index (χ2n) is 5.42. The van der Waals surface area contributed by atoms with Gasteiger partial charge in [0.1, 0.15) is 0 Å². The topological polar surface area (TPSA) is 156 Å². The lowest BCUT2D eigenvalue weighted by atomic mass is 10.2. The largest absolute Gasteiger partial charge is 0.493 e. The van der Waals surface area contributed by atoms with Crippen molar-refractivity contribution < 1.29 is 9.90 Å². The van der Waals surface area contributed by atoms with Gasteiger partial charge in [0.2, 0.25) is 11.0 Å². The Morgan fingerprint density at radius 1 is 1.07 bits per heavy atom. The summed E-state index contributed by atoms with van der Waals surface area (Å²) in [7, 11) is 0. The number of thioether (sulfide) groups is 1. The van der Waals surface area contributed by atoms with Gasteiger partial charge in [-0.25, -0.2) is 4.79 Å². The zero-order chi connectivity index (χ0) is 19.0. The molecule has 0 aliphatic carbocycles. The van der Waals surface area contributed by atoms with Crippen LogP contribution in [0.4, 0.5) is 5.69 Å². The number of amidine groups is 1. The monoisotopic (exact) mass is 382 g/mol. The van der Waals surface area contributed by atoms with Crippen LogP contribution in [0.1, 0.15) is 5.69 Å². The summed E-state index contributed by atoms with van der Waals surface area (Å²) in [5, 5.41) is 18.6. The summed E-state index contributed by atoms with van der Waals surface area (Å²) < 4.78 is 0. The van der Waals surface area contributed by atoms with Crippen LogP contribution in [-0.2, 0) is 4.79 Å². The van der Waals surface area contributed by atoms with Gasteiger partial charge < -0.3 is 15.1 Å². The number of nitrogens with one attached hydrogen (secondary N) is 3. The summed E-state index contributed by atoms with van der Waals surface area (Å²) in [6.07, 6.45) is 1.33. The Morgan fingerprint density at radius 2 is 1.89 bits per heavy atom. The van der Waals surface area contributed by atoms with Crippen LogP contribution in [-0.4, -0.2) is 31.1 Å². The summed E-state index contributed by atoms with van der Waals surface area (Å²) >= 11 is 0.933. The van der Waals surface area contributed by atoms with Gasteiger partial charge in [-0.2, -0.15) is 4.99 Å². The van der Waals surface area contributed by atoms with Gasteiger partial charge in [-0.15, -0.1) is 10.2 Å². The molecule has 0 spiro atoms. The van der Waals surface area contributed by atoms with E-state index in [1.807, 2.05) is 11.1 Å². The van der Waals surface area contributed by atoms with E-state index in [1.54, 1.807) is 18.2 Å². The molecule has 0 saturated heterocycles. The van der Waals surface area contributed by atoms with Crippen molar-refractivity contribution in [3.05, 3.63) is 61.8 Å². The van der Waals surface area contributed by atoms with Gasteiger partial charge >= 0.3 is 5.69 Å². The third-order valence-corrected chi connectivity index (χ3v) is 4.44. The number of aromatic hydroxyl groups is 1. The minimum atomic E-state index is -0.680. The highest BCUT2D eigenvalue weighted by atomic mass is 32.2. The minimum absolute atomic E-state index is 0.0723. The van der Waals surface area contributed by atoms with Crippen molar-refractivity contribution in [2.24, 2.45) is 15.2 Å². The number of aromatic amines is 3. The van der Waals surface area contributed by atoms with Crippen LogP contribution in [0.3, 0.4) is 0 Å². The van der Waals surface area contributed by atoms with Crippen LogP contribution in [0.2, 0.25) is 0 Å². The molecule has 1 aromatic carbocycles. The quantitative estimate of drug-likeness (QED) is 0.394. The van der Waals surface area contributed by atoms with Crippen LogP contribution in [0, 0.1) is 0 Å². The maximum Gasteiger partial charge on any atom is 0.326 e. The summed E-state index contributed by atoms with van der Waals surface area (Å²) in [4.78, 5) is 45.7. The molecule has 0 fully saturated rings. The summed E-state index contributed by atoms with van der Waals surface area (Å²) in [5.41, 5.74) is -0.169. The smallest absolute Gasteiger partial charge is 0.326 e. The van der Waals surface area contributed by atoms with Crippen molar-refractivity contribution in [2.45, 2.75) is 0 Å². The Hall–Kier alpha value is -3.73. The molecule has 0 radical (unpaired) electrons. The molecular weight excluding hydrogens is 372 g/mol. The van der Waals surface area contributed by atoms with Crippen LogP contribution in [0.15, 0.2) is 60.0 Å². The fraction of sp³-hybridized carbons (Fsp3) is 0. The predicted octanol–water partition coefficient (Wildman–Crippen LogP) is 2.00. The number of nitrogens with zero attached hydrogens (tertiary/aromatic N) is 3. The van der Waals surface area contributed by atoms with Crippen molar-refractivity contribution in [3.63, 3.8) is 0 Å². The third kappa shape index (κ3) is 3.35. The van der Waals surface area contributed by atoms with E-state index in [0.29, 0.717) is 10.9 Å². The number of para-hydroxylation sites is 1. The lowest BCUT2D eigenvalue weighted by Gasteiger charge is -1.94. The molecular formula is C16H10N6O4S. The van der Waals surface area contributed by atoms with Gasteiger partial charge in [0.05, 0.1) is 10.4 Å². The SMILES string of the molecule is O=C1N=C(N=Nc2c(O)[nH]c3ccccc23)S/C1=C/c1cc(=O)[nH]c(=O)[nH]1. The Morgan fingerprint density at radius 3 is 2.70 bits per heavy atom. The molecule has 0 atom stereocenters. The van der Waals surface area contributed by atoms with Gasteiger partial charge in [-0.1, -0.05) is 18.2 Å². The molecule has 0 saturated carbocycles. The van der Waals surface area contributed by atoms with E-state index in [-0.39, 0.29) is 27.3 Å². The van der Waals surface area contributed by atoms with Crippen molar-refractivity contribution in [1.29, 1.82) is 0 Å². The summed E-state index contributed by atoms with van der Waals surface area (Å²) in [6.45, 7) is 0. The number of amides is 1. The third-order valence-electron chi connectivity index (χ3n) is 3.57. The van der Waals surface area contributed by atoms with Gasteiger partial charge in [0, 0.05) is 17.1 Å². The first-order valence-electron chi connectivity index (χ1n) is 7.57. The van der Waals surface area contributed by atoms with Gasteiger partial charge in [-0.05, 0) is 23.9 Å². The molecule has 27 heavy (non-hydrogen) atoms. The molecule has 4 N–H and O–H groups in total. The highest BCUT2D eigenvalue weighted by molar-refractivity contribution is 8.18. The number of aliphatic imine (C=N–C) groups is 1. The number of carbonyl (C=O) groups is 1. The number of hydrogen-bond acceptors (Lipinski definition) is 7. The van der Waals surface area contributed by atoms with Gasteiger partial charge in [0.15, 0.2) is 5.69 Å². The lowest BCUT2D eigenvalue weighted by Crippen LogP contribution is -2.21. The number of carbonyl (C=O) groups excluding carboxylic acids is 1. The first kappa shape index (κ1) is 16.7. The number of H-pyrrole nitrogens is 3. The molecule has 3 aromatic rings. The van der Waals surface area contributed by atoms with Crippen LogP contribution in [0.25, 0.3) is 17.0 Å². The second-order valence-corrected chi connectivity index (χ2v) is 6.43. The molecule has 1 aliphatic rings. The number of azo groups is 1. The maximum absolute atomic E-state index is 12.0. The standard InChI is InChI=1S/C16H10N6O4S/c23-11-6-7(17-15(26)19-11)5-10-13(24)20-16(27-10)22-21-12-8-3-1-2-4-9(8)18-14(12)25/h1-6,18,25H,(H2,17,19,23,26)/b10-5+,22-21?. The highest BCUT2D eigenvalue weighted by Crippen LogP contribution is 2.36. The highest BCUT2D eigenvalue weighted by Gasteiger charge is 2.22. The van der Waals surface area contributed by atoms with E-state index < -0.39 is 17.2 Å². The number of rotatable bonds is 2. The number of fused-ring (bicyclic) bond motifs is 1. The molecule has 0 unspecified atom stereocenters. The molecule has 0 bridgehead atoms. The average molecular weight is 382 g/mol.